The average Bonchev–Trinajstić information content (AvgIpc) is 2.39. The van der Waals surface area contributed by atoms with Crippen LogP contribution in [-0.4, -0.2) is 37.1 Å². The summed E-state index contributed by atoms with van der Waals surface area (Å²) in [6.07, 6.45) is 9.48. The lowest BCUT2D eigenvalue weighted by molar-refractivity contribution is 0.101. The fourth-order valence-electron chi connectivity index (χ4n) is 3.26. The molecule has 3 unspecified atom stereocenters. The number of nitrogens with one attached hydrogen (secondary N) is 1. The molecule has 1 rings (SSSR count). The van der Waals surface area contributed by atoms with Crippen LogP contribution in [0.4, 0.5) is 0 Å². The van der Waals surface area contributed by atoms with E-state index in [9.17, 15) is 0 Å². The Morgan fingerprint density at radius 1 is 1.06 bits per heavy atom. The Balaban J connectivity index is 2.59. The van der Waals surface area contributed by atoms with Gasteiger partial charge in [-0.1, -0.05) is 33.6 Å². The van der Waals surface area contributed by atoms with Gasteiger partial charge in [-0.3, -0.25) is 4.90 Å². The quantitative estimate of drug-likeness (QED) is 0.711. The van der Waals surface area contributed by atoms with Gasteiger partial charge in [-0.15, -0.1) is 0 Å². The van der Waals surface area contributed by atoms with Gasteiger partial charge in [-0.25, -0.2) is 0 Å². The van der Waals surface area contributed by atoms with Gasteiger partial charge in [0.15, 0.2) is 0 Å². The number of likely N-dealkylation sites (N-methyl/N-ethyl adjacent to an activating group) is 1. The summed E-state index contributed by atoms with van der Waals surface area (Å²) in [4.78, 5) is 2.78. The van der Waals surface area contributed by atoms with E-state index >= 15 is 0 Å². The maximum atomic E-state index is 3.57. The second kappa shape index (κ2) is 8.92. The van der Waals surface area contributed by atoms with Gasteiger partial charge in [0.05, 0.1) is 0 Å². The molecule has 1 fully saturated rings. The van der Waals surface area contributed by atoms with Gasteiger partial charge in [0.2, 0.25) is 0 Å². The number of rotatable bonds is 8. The summed E-state index contributed by atoms with van der Waals surface area (Å²) in [7, 11) is 2.14. The van der Waals surface area contributed by atoms with Crippen LogP contribution in [0.25, 0.3) is 0 Å². The highest BCUT2D eigenvalue weighted by Gasteiger charge is 2.31. The molecule has 1 aliphatic rings. The largest absolute Gasteiger partial charge is 0.315 e. The summed E-state index contributed by atoms with van der Waals surface area (Å²) in [5.74, 6) is 0.908. The van der Waals surface area contributed by atoms with Crippen molar-refractivity contribution in [3.05, 3.63) is 0 Å². The molecule has 1 aliphatic carbocycles. The van der Waals surface area contributed by atoms with Crippen LogP contribution >= 0.6 is 0 Å². The first-order valence-electron chi connectivity index (χ1n) is 8.14. The number of nitrogens with zero attached hydrogens (tertiary/aromatic N) is 1. The Morgan fingerprint density at radius 3 is 2.17 bits per heavy atom. The van der Waals surface area contributed by atoms with E-state index < -0.39 is 0 Å². The first kappa shape index (κ1) is 16.0. The van der Waals surface area contributed by atoms with Gasteiger partial charge in [0.25, 0.3) is 0 Å². The molecule has 1 saturated carbocycles. The second-order valence-corrected chi connectivity index (χ2v) is 6.12. The first-order valence-corrected chi connectivity index (χ1v) is 8.14. The summed E-state index contributed by atoms with van der Waals surface area (Å²) < 4.78 is 0. The standard InChI is InChI=1S/C16H34N2/c1-5-7-11-18(12-8-6-2)16-13-14(3)9-10-15(16)17-4/h14-17H,5-13H2,1-4H3. The topological polar surface area (TPSA) is 15.3 Å². The summed E-state index contributed by atoms with van der Waals surface area (Å²) in [6.45, 7) is 9.63. The molecule has 0 heterocycles. The Labute approximate surface area is 115 Å². The maximum absolute atomic E-state index is 3.57. The lowest BCUT2D eigenvalue weighted by atomic mass is 9.82. The highest BCUT2D eigenvalue weighted by atomic mass is 15.2. The van der Waals surface area contributed by atoms with Crippen molar-refractivity contribution in [2.24, 2.45) is 5.92 Å². The molecule has 1 N–H and O–H groups in total. The molecule has 0 bridgehead atoms. The van der Waals surface area contributed by atoms with Crippen LogP contribution < -0.4 is 5.32 Å². The van der Waals surface area contributed by atoms with Crippen molar-refractivity contribution >= 4 is 0 Å². The molecule has 18 heavy (non-hydrogen) atoms. The SMILES string of the molecule is CCCCN(CCCC)C1CC(C)CCC1NC. The average molecular weight is 254 g/mol. The number of unbranched alkanes of at least 4 members (excludes halogenated alkanes) is 2. The molecule has 0 aliphatic heterocycles. The van der Waals surface area contributed by atoms with Crippen molar-refractivity contribution in [1.82, 2.24) is 10.2 Å². The third-order valence-corrected chi connectivity index (χ3v) is 4.52. The third-order valence-electron chi connectivity index (χ3n) is 4.52. The number of hydrogen-bond acceptors (Lipinski definition) is 2. The van der Waals surface area contributed by atoms with Crippen molar-refractivity contribution in [3.63, 3.8) is 0 Å². The lowest BCUT2D eigenvalue weighted by Gasteiger charge is -2.42. The summed E-state index contributed by atoms with van der Waals surface area (Å²) in [6, 6.07) is 1.49. The predicted octanol–water partition coefficient (Wildman–Crippen LogP) is 3.67. The minimum atomic E-state index is 0.718. The molecular weight excluding hydrogens is 220 g/mol. The minimum absolute atomic E-state index is 0.718. The molecule has 0 amide bonds. The number of hydrogen-bond donors (Lipinski definition) is 1. The van der Waals surface area contributed by atoms with E-state index in [2.05, 4.69) is 38.0 Å². The zero-order valence-corrected chi connectivity index (χ0v) is 13.0. The molecule has 0 spiro atoms. The Kier molecular flexibility index (Phi) is 7.92. The molecule has 2 nitrogen and oxygen atoms in total. The van der Waals surface area contributed by atoms with Crippen LogP contribution in [-0.2, 0) is 0 Å². The van der Waals surface area contributed by atoms with Gasteiger partial charge in [0.1, 0.15) is 0 Å². The molecule has 0 saturated heterocycles. The van der Waals surface area contributed by atoms with Crippen LogP contribution in [0.15, 0.2) is 0 Å². The van der Waals surface area contributed by atoms with Gasteiger partial charge in [-0.05, 0) is 58.2 Å². The highest BCUT2D eigenvalue weighted by Crippen LogP contribution is 2.28. The molecule has 0 aromatic heterocycles. The zero-order chi connectivity index (χ0) is 13.4. The zero-order valence-electron chi connectivity index (χ0n) is 13.0. The lowest BCUT2D eigenvalue weighted by Crippen LogP contribution is -2.52. The van der Waals surface area contributed by atoms with Crippen molar-refractivity contribution < 1.29 is 0 Å². The maximum Gasteiger partial charge on any atom is 0.0251 e. The Bertz CT molecular complexity index is 197. The van der Waals surface area contributed by atoms with E-state index in [-0.39, 0.29) is 0 Å². The van der Waals surface area contributed by atoms with Gasteiger partial charge in [0, 0.05) is 12.1 Å². The smallest absolute Gasteiger partial charge is 0.0251 e. The van der Waals surface area contributed by atoms with E-state index in [1.54, 1.807) is 0 Å². The Hall–Kier alpha value is -0.0800. The monoisotopic (exact) mass is 254 g/mol. The van der Waals surface area contributed by atoms with Crippen LogP contribution in [0.2, 0.25) is 0 Å². The molecule has 0 radical (unpaired) electrons. The summed E-state index contributed by atoms with van der Waals surface area (Å²) in [5.41, 5.74) is 0. The fraction of sp³-hybridized carbons (Fsp3) is 1.00. The Morgan fingerprint density at radius 2 is 1.67 bits per heavy atom. The minimum Gasteiger partial charge on any atom is -0.315 e. The van der Waals surface area contributed by atoms with Crippen molar-refractivity contribution in [2.45, 2.75) is 77.8 Å². The van der Waals surface area contributed by atoms with Crippen LogP contribution in [0, 0.1) is 5.92 Å². The van der Waals surface area contributed by atoms with E-state index in [1.165, 1.54) is 58.0 Å². The second-order valence-electron chi connectivity index (χ2n) is 6.12. The van der Waals surface area contributed by atoms with Crippen LogP contribution in [0.5, 0.6) is 0 Å². The highest BCUT2D eigenvalue weighted by molar-refractivity contribution is 4.89. The van der Waals surface area contributed by atoms with Crippen molar-refractivity contribution in [1.29, 1.82) is 0 Å². The molecule has 3 atom stereocenters. The first-order chi connectivity index (χ1) is 8.72. The van der Waals surface area contributed by atoms with Crippen LogP contribution in [0.1, 0.15) is 65.7 Å². The van der Waals surface area contributed by atoms with Crippen molar-refractivity contribution in [2.75, 3.05) is 20.1 Å². The van der Waals surface area contributed by atoms with E-state index in [0.717, 1.165) is 18.0 Å². The molecule has 2 heteroatoms. The van der Waals surface area contributed by atoms with Gasteiger partial charge in [-0.2, -0.15) is 0 Å². The van der Waals surface area contributed by atoms with E-state index in [4.69, 9.17) is 0 Å². The van der Waals surface area contributed by atoms with Gasteiger partial charge >= 0.3 is 0 Å². The summed E-state index contributed by atoms with van der Waals surface area (Å²) >= 11 is 0. The molecular formula is C16H34N2. The summed E-state index contributed by atoms with van der Waals surface area (Å²) in [5, 5.41) is 3.57. The molecule has 0 aromatic rings. The van der Waals surface area contributed by atoms with E-state index in [0.29, 0.717) is 0 Å². The van der Waals surface area contributed by atoms with Crippen LogP contribution in [0.3, 0.4) is 0 Å². The van der Waals surface area contributed by atoms with E-state index in [1.807, 2.05) is 0 Å². The third kappa shape index (κ3) is 4.89. The van der Waals surface area contributed by atoms with Crippen molar-refractivity contribution in [3.8, 4) is 0 Å². The van der Waals surface area contributed by atoms with Gasteiger partial charge < -0.3 is 5.32 Å². The normalized spacial score (nSPS) is 28.8. The molecule has 108 valence electrons. The predicted molar refractivity (Wildman–Crippen MR) is 81.0 cm³/mol. The molecule has 0 aromatic carbocycles. The fourth-order valence-corrected chi connectivity index (χ4v) is 3.26.